The van der Waals surface area contributed by atoms with Crippen LogP contribution in [0.1, 0.15) is 46.1 Å². The third-order valence-electron chi connectivity index (χ3n) is 4.88. The van der Waals surface area contributed by atoms with Crippen molar-refractivity contribution in [2.45, 2.75) is 53.2 Å². The second-order valence-electron chi connectivity index (χ2n) is 8.10. The molecule has 1 fully saturated rings. The largest absolute Gasteiger partial charge is 0.504 e. The zero-order valence-corrected chi connectivity index (χ0v) is 17.3. The molecule has 0 amide bonds. The van der Waals surface area contributed by atoms with Gasteiger partial charge in [0.05, 0.1) is 19.8 Å². The lowest BCUT2D eigenvalue weighted by atomic mass is 9.78. The second kappa shape index (κ2) is 9.83. The van der Waals surface area contributed by atoms with Gasteiger partial charge in [-0.15, -0.1) is 0 Å². The van der Waals surface area contributed by atoms with Crippen LogP contribution in [-0.2, 0) is 11.3 Å². The number of benzene rings is 1. The van der Waals surface area contributed by atoms with Crippen molar-refractivity contribution in [2.24, 2.45) is 16.3 Å². The molecule has 2 unspecified atom stereocenters. The van der Waals surface area contributed by atoms with Crippen molar-refractivity contribution in [3.8, 4) is 11.5 Å². The van der Waals surface area contributed by atoms with Crippen LogP contribution in [0, 0.1) is 11.3 Å². The number of guanidine groups is 1. The molecular weight excluding hydrogens is 342 g/mol. The Morgan fingerprint density at radius 2 is 2.11 bits per heavy atom. The van der Waals surface area contributed by atoms with Crippen molar-refractivity contribution in [2.75, 3.05) is 26.8 Å². The van der Waals surface area contributed by atoms with E-state index in [1.165, 1.54) is 0 Å². The van der Waals surface area contributed by atoms with Gasteiger partial charge < -0.3 is 25.2 Å². The number of phenols is 1. The summed E-state index contributed by atoms with van der Waals surface area (Å²) in [6.07, 6.45) is 2.50. The van der Waals surface area contributed by atoms with Crippen LogP contribution in [0.5, 0.6) is 11.5 Å². The maximum Gasteiger partial charge on any atom is 0.191 e. The van der Waals surface area contributed by atoms with E-state index in [1.807, 2.05) is 19.1 Å². The maximum atomic E-state index is 10.2. The standard InChI is InChI=1S/C21H35N3O3/c1-6-22-20(23-13-15-9-7-11-17(26-5)18(15)25)24-14-16-10-8-12-27-19(16)21(2,3)4/h7,9,11,16,19,25H,6,8,10,12-14H2,1-5H3,(H2,22,23,24). The molecule has 0 spiro atoms. The Bertz CT molecular complexity index is 626. The lowest BCUT2D eigenvalue weighted by Crippen LogP contribution is -2.47. The van der Waals surface area contributed by atoms with Gasteiger partial charge in [-0.25, -0.2) is 4.99 Å². The Hall–Kier alpha value is -1.95. The fourth-order valence-corrected chi connectivity index (χ4v) is 3.60. The SMILES string of the molecule is CCNC(=NCc1cccc(OC)c1O)NCC1CCCOC1C(C)(C)C. The Balaban J connectivity index is 2.03. The van der Waals surface area contributed by atoms with Crippen molar-refractivity contribution in [3.05, 3.63) is 23.8 Å². The highest BCUT2D eigenvalue weighted by molar-refractivity contribution is 5.79. The molecule has 1 saturated heterocycles. The normalized spacial score (nSPS) is 21.0. The average Bonchev–Trinajstić information content (AvgIpc) is 2.64. The van der Waals surface area contributed by atoms with Gasteiger partial charge in [0.1, 0.15) is 0 Å². The molecule has 27 heavy (non-hydrogen) atoms. The third kappa shape index (κ3) is 6.03. The highest BCUT2D eigenvalue weighted by Gasteiger charge is 2.35. The first-order valence-corrected chi connectivity index (χ1v) is 9.85. The van der Waals surface area contributed by atoms with Crippen LogP contribution in [0.4, 0.5) is 0 Å². The smallest absolute Gasteiger partial charge is 0.191 e. The predicted molar refractivity (Wildman–Crippen MR) is 109 cm³/mol. The zero-order valence-electron chi connectivity index (χ0n) is 17.3. The molecule has 152 valence electrons. The van der Waals surface area contributed by atoms with E-state index < -0.39 is 0 Å². The van der Waals surface area contributed by atoms with E-state index in [-0.39, 0.29) is 17.3 Å². The van der Waals surface area contributed by atoms with E-state index in [4.69, 9.17) is 9.47 Å². The Labute approximate surface area is 163 Å². The third-order valence-corrected chi connectivity index (χ3v) is 4.88. The van der Waals surface area contributed by atoms with Crippen LogP contribution in [0.2, 0.25) is 0 Å². The molecule has 2 rings (SSSR count). The number of nitrogens with zero attached hydrogens (tertiary/aromatic N) is 1. The van der Waals surface area contributed by atoms with Crippen molar-refractivity contribution in [1.82, 2.24) is 10.6 Å². The summed E-state index contributed by atoms with van der Waals surface area (Å²) in [6.45, 7) is 11.6. The summed E-state index contributed by atoms with van der Waals surface area (Å²) in [5.74, 6) is 1.81. The van der Waals surface area contributed by atoms with Gasteiger partial charge in [-0.3, -0.25) is 0 Å². The van der Waals surface area contributed by atoms with Crippen LogP contribution in [-0.4, -0.2) is 44.0 Å². The van der Waals surface area contributed by atoms with Crippen molar-refractivity contribution < 1.29 is 14.6 Å². The summed E-state index contributed by atoms with van der Waals surface area (Å²) in [5, 5.41) is 17.0. The fraction of sp³-hybridized carbons (Fsp3) is 0.667. The highest BCUT2D eigenvalue weighted by atomic mass is 16.5. The number of nitrogens with one attached hydrogen (secondary N) is 2. The molecule has 1 aromatic carbocycles. The van der Waals surface area contributed by atoms with E-state index in [0.29, 0.717) is 18.2 Å². The van der Waals surface area contributed by atoms with Gasteiger partial charge in [0.25, 0.3) is 0 Å². The van der Waals surface area contributed by atoms with E-state index in [1.54, 1.807) is 13.2 Å². The lowest BCUT2D eigenvalue weighted by molar-refractivity contribution is -0.0835. The summed E-state index contributed by atoms with van der Waals surface area (Å²) >= 11 is 0. The quantitative estimate of drug-likeness (QED) is 0.524. The number of hydrogen-bond donors (Lipinski definition) is 3. The average molecular weight is 378 g/mol. The molecule has 6 heteroatoms. The van der Waals surface area contributed by atoms with E-state index in [9.17, 15) is 5.11 Å². The number of hydrogen-bond acceptors (Lipinski definition) is 4. The van der Waals surface area contributed by atoms with Crippen LogP contribution < -0.4 is 15.4 Å². The molecule has 6 nitrogen and oxygen atoms in total. The van der Waals surface area contributed by atoms with Gasteiger partial charge in [-0.05, 0) is 31.2 Å². The molecule has 0 aromatic heterocycles. The Kier molecular flexibility index (Phi) is 7.78. The maximum absolute atomic E-state index is 10.2. The first-order valence-electron chi connectivity index (χ1n) is 9.85. The molecule has 1 aliphatic rings. The summed E-state index contributed by atoms with van der Waals surface area (Å²) in [6, 6.07) is 5.45. The lowest BCUT2D eigenvalue weighted by Gasteiger charge is -2.40. The van der Waals surface area contributed by atoms with Gasteiger partial charge >= 0.3 is 0 Å². The monoisotopic (exact) mass is 377 g/mol. The molecule has 0 saturated carbocycles. The number of aliphatic imine (C=N–C) groups is 1. The molecular formula is C21H35N3O3. The minimum Gasteiger partial charge on any atom is -0.504 e. The molecule has 2 atom stereocenters. The van der Waals surface area contributed by atoms with Gasteiger partial charge in [-0.1, -0.05) is 32.9 Å². The number of ether oxygens (including phenoxy) is 2. The van der Waals surface area contributed by atoms with Crippen LogP contribution in [0.25, 0.3) is 0 Å². The van der Waals surface area contributed by atoms with Gasteiger partial charge in [-0.2, -0.15) is 0 Å². The number of rotatable bonds is 6. The molecule has 1 heterocycles. The van der Waals surface area contributed by atoms with Crippen molar-refractivity contribution >= 4 is 5.96 Å². The number of aromatic hydroxyl groups is 1. The topological polar surface area (TPSA) is 75.1 Å². The van der Waals surface area contributed by atoms with Gasteiger partial charge in [0.2, 0.25) is 0 Å². The van der Waals surface area contributed by atoms with E-state index in [0.717, 1.165) is 44.1 Å². The second-order valence-corrected chi connectivity index (χ2v) is 8.10. The summed E-state index contributed by atoms with van der Waals surface area (Å²) in [5.41, 5.74) is 0.856. The van der Waals surface area contributed by atoms with Crippen LogP contribution in [0.3, 0.4) is 0 Å². The Morgan fingerprint density at radius 3 is 2.78 bits per heavy atom. The molecule has 0 bridgehead atoms. The van der Waals surface area contributed by atoms with Crippen LogP contribution >= 0.6 is 0 Å². The Morgan fingerprint density at radius 1 is 1.33 bits per heavy atom. The molecule has 0 aliphatic carbocycles. The van der Waals surface area contributed by atoms with Gasteiger partial charge in [0.15, 0.2) is 17.5 Å². The molecule has 0 radical (unpaired) electrons. The number of phenolic OH excluding ortho intramolecular Hbond substituents is 1. The van der Waals surface area contributed by atoms with E-state index in [2.05, 4.69) is 36.4 Å². The molecule has 1 aromatic rings. The number of para-hydroxylation sites is 1. The summed E-state index contributed by atoms with van der Waals surface area (Å²) in [4.78, 5) is 4.63. The molecule has 3 N–H and O–H groups in total. The fourth-order valence-electron chi connectivity index (χ4n) is 3.60. The van der Waals surface area contributed by atoms with Crippen LogP contribution in [0.15, 0.2) is 23.2 Å². The van der Waals surface area contributed by atoms with Gasteiger partial charge in [0, 0.05) is 31.2 Å². The summed E-state index contributed by atoms with van der Waals surface area (Å²) in [7, 11) is 1.55. The minimum absolute atomic E-state index is 0.120. The summed E-state index contributed by atoms with van der Waals surface area (Å²) < 4.78 is 11.2. The predicted octanol–water partition coefficient (Wildman–Crippen LogP) is 3.30. The zero-order chi connectivity index (χ0) is 19.9. The highest BCUT2D eigenvalue weighted by Crippen LogP contribution is 2.33. The number of methoxy groups -OCH3 is 1. The minimum atomic E-state index is 0.120. The first kappa shape index (κ1) is 21.4. The van der Waals surface area contributed by atoms with Crippen molar-refractivity contribution in [1.29, 1.82) is 0 Å². The van der Waals surface area contributed by atoms with Crippen molar-refractivity contribution in [3.63, 3.8) is 0 Å². The molecule has 1 aliphatic heterocycles. The first-order chi connectivity index (χ1) is 12.9. The van der Waals surface area contributed by atoms with E-state index >= 15 is 0 Å².